The summed E-state index contributed by atoms with van der Waals surface area (Å²) in [6.45, 7) is 8.32. The molecule has 0 saturated heterocycles. The zero-order valence-electron chi connectivity index (χ0n) is 10.7. The first-order valence-electron chi connectivity index (χ1n) is 5.88. The Morgan fingerprint density at radius 2 is 1.60 bits per heavy atom. The van der Waals surface area contributed by atoms with E-state index in [1.54, 1.807) is 5.06 Å². The Balaban J connectivity index is 4.43. The van der Waals surface area contributed by atoms with Gasteiger partial charge in [0.05, 0.1) is 6.10 Å². The first kappa shape index (κ1) is 14.8. The average molecular weight is 218 g/mol. The second-order valence-electron chi connectivity index (χ2n) is 3.81. The van der Waals surface area contributed by atoms with Crippen LogP contribution in [0.3, 0.4) is 0 Å². The normalized spacial score (nSPS) is 12.8. The third-order valence-electron chi connectivity index (χ3n) is 3.12. The summed E-state index contributed by atoms with van der Waals surface area (Å²) >= 11 is 0. The number of nitrogens with two attached hydrogens (primary N) is 1. The summed E-state index contributed by atoms with van der Waals surface area (Å²) in [5, 5.41) is 1.77. The Hall–Kier alpha value is -0.160. The van der Waals surface area contributed by atoms with Crippen LogP contribution in [0.5, 0.6) is 0 Å². The van der Waals surface area contributed by atoms with Crippen molar-refractivity contribution in [2.45, 2.75) is 65.2 Å². The zero-order chi connectivity index (χ0) is 11.9. The largest absolute Gasteiger partial charge is 0.293 e. The average Bonchev–Trinajstić information content (AvgIpc) is 2.29. The second-order valence-corrected chi connectivity index (χ2v) is 3.81. The van der Waals surface area contributed by atoms with Gasteiger partial charge in [-0.05, 0) is 25.7 Å². The summed E-state index contributed by atoms with van der Waals surface area (Å²) in [6.07, 6.45) is 3.83. The maximum atomic E-state index is 5.82. The Morgan fingerprint density at radius 3 is 1.87 bits per heavy atom. The molecule has 92 valence electrons. The van der Waals surface area contributed by atoms with E-state index in [1.165, 1.54) is 0 Å². The number of nitrogens with zero attached hydrogens (tertiary/aromatic N) is 1. The fourth-order valence-electron chi connectivity index (χ4n) is 1.69. The first-order valence-corrected chi connectivity index (χ1v) is 5.88. The molecule has 0 aromatic heterocycles. The van der Waals surface area contributed by atoms with Gasteiger partial charge in [-0.3, -0.25) is 9.68 Å². The summed E-state index contributed by atoms with van der Waals surface area (Å²) in [4.78, 5) is 10.9. The molecule has 0 spiro atoms. The van der Waals surface area contributed by atoms with Gasteiger partial charge in [-0.2, -0.15) is 5.06 Å². The molecule has 0 aliphatic carbocycles. The Bertz CT molecular complexity index is 148. The topological polar surface area (TPSA) is 47.7 Å². The second kappa shape index (κ2) is 7.17. The monoisotopic (exact) mass is 218 g/mol. The van der Waals surface area contributed by atoms with Crippen LogP contribution in [0.15, 0.2) is 0 Å². The quantitative estimate of drug-likeness (QED) is 0.502. The molecule has 0 heterocycles. The Morgan fingerprint density at radius 1 is 1.13 bits per heavy atom. The highest BCUT2D eigenvalue weighted by atomic mass is 16.8. The molecule has 2 N–H and O–H groups in total. The van der Waals surface area contributed by atoms with Crippen molar-refractivity contribution in [3.05, 3.63) is 0 Å². The summed E-state index contributed by atoms with van der Waals surface area (Å²) in [5.41, 5.74) is -0.497. The molecule has 0 aliphatic rings. The van der Waals surface area contributed by atoms with Crippen LogP contribution in [0.1, 0.15) is 53.4 Å². The van der Waals surface area contributed by atoms with Gasteiger partial charge < -0.3 is 0 Å². The van der Waals surface area contributed by atoms with Crippen molar-refractivity contribution in [3.63, 3.8) is 0 Å². The molecule has 0 saturated carbocycles. The molecule has 0 fully saturated rings. The molecule has 15 heavy (non-hydrogen) atoms. The van der Waals surface area contributed by atoms with E-state index >= 15 is 0 Å². The molecular formula is C11H26N2O2. The van der Waals surface area contributed by atoms with Gasteiger partial charge in [0, 0.05) is 7.05 Å². The van der Waals surface area contributed by atoms with Gasteiger partial charge in [0.25, 0.3) is 0 Å². The lowest BCUT2D eigenvalue weighted by molar-refractivity contribution is -0.320. The lowest BCUT2D eigenvalue weighted by Crippen LogP contribution is -2.50. The van der Waals surface area contributed by atoms with Gasteiger partial charge >= 0.3 is 0 Å². The van der Waals surface area contributed by atoms with Crippen LogP contribution in [0.2, 0.25) is 0 Å². The summed E-state index contributed by atoms with van der Waals surface area (Å²) < 4.78 is 0. The molecule has 0 atom stereocenters. The predicted octanol–water partition coefficient (Wildman–Crippen LogP) is 2.44. The van der Waals surface area contributed by atoms with E-state index in [4.69, 9.17) is 15.6 Å². The fraction of sp³-hybridized carbons (Fsp3) is 1.00. The molecule has 0 bridgehead atoms. The number of hydroxylamine groups is 2. The van der Waals surface area contributed by atoms with E-state index in [-0.39, 0.29) is 6.10 Å². The molecule has 0 aromatic carbocycles. The maximum absolute atomic E-state index is 5.82. The molecule has 4 heteroatoms. The maximum Gasteiger partial charge on any atom is 0.163 e. The van der Waals surface area contributed by atoms with Gasteiger partial charge in [0.1, 0.15) is 0 Å². The van der Waals surface area contributed by atoms with E-state index in [1.807, 2.05) is 20.9 Å². The van der Waals surface area contributed by atoms with Gasteiger partial charge in [0.15, 0.2) is 5.72 Å². The van der Waals surface area contributed by atoms with Crippen LogP contribution < -0.4 is 5.90 Å². The number of hydrogen-bond donors (Lipinski definition) is 1. The lowest BCUT2D eigenvalue weighted by Gasteiger charge is -2.38. The van der Waals surface area contributed by atoms with Crippen LogP contribution in [-0.2, 0) is 9.68 Å². The van der Waals surface area contributed by atoms with Crippen molar-refractivity contribution in [3.8, 4) is 0 Å². The standard InChI is InChI=1S/C11H26N2O2/c1-6-10(7-2)14-13(5)11(8-3,9-4)15-12/h10H,6-9,12H2,1-5H3. The molecule has 0 unspecified atom stereocenters. The molecule has 0 amide bonds. The van der Waals surface area contributed by atoms with E-state index in [0.29, 0.717) is 0 Å². The lowest BCUT2D eigenvalue weighted by atomic mass is 10.1. The van der Waals surface area contributed by atoms with Crippen LogP contribution in [0.4, 0.5) is 0 Å². The van der Waals surface area contributed by atoms with E-state index in [2.05, 4.69) is 13.8 Å². The number of rotatable bonds is 8. The van der Waals surface area contributed by atoms with Crippen molar-refractivity contribution in [1.29, 1.82) is 0 Å². The van der Waals surface area contributed by atoms with Crippen LogP contribution in [0, 0.1) is 0 Å². The van der Waals surface area contributed by atoms with Gasteiger partial charge in [-0.1, -0.05) is 27.7 Å². The van der Waals surface area contributed by atoms with Gasteiger partial charge in [0.2, 0.25) is 0 Å². The highest BCUT2D eigenvalue weighted by Crippen LogP contribution is 2.24. The molecule has 0 aromatic rings. The van der Waals surface area contributed by atoms with Crippen molar-refractivity contribution in [1.82, 2.24) is 5.06 Å². The third kappa shape index (κ3) is 3.72. The van der Waals surface area contributed by atoms with Crippen LogP contribution in [0.25, 0.3) is 0 Å². The summed E-state index contributed by atoms with van der Waals surface area (Å²) in [6, 6.07) is 0. The van der Waals surface area contributed by atoms with Gasteiger partial charge in [-0.15, -0.1) is 0 Å². The summed E-state index contributed by atoms with van der Waals surface area (Å²) in [5.74, 6) is 5.37. The van der Waals surface area contributed by atoms with Crippen molar-refractivity contribution in [2.75, 3.05) is 7.05 Å². The summed E-state index contributed by atoms with van der Waals surface area (Å²) in [7, 11) is 1.89. The van der Waals surface area contributed by atoms with E-state index < -0.39 is 5.72 Å². The molecular weight excluding hydrogens is 192 g/mol. The third-order valence-corrected chi connectivity index (χ3v) is 3.12. The minimum absolute atomic E-state index is 0.239. The van der Waals surface area contributed by atoms with Crippen molar-refractivity contribution >= 4 is 0 Å². The molecule has 0 radical (unpaired) electrons. The predicted molar refractivity (Wildman–Crippen MR) is 61.8 cm³/mol. The van der Waals surface area contributed by atoms with Crippen molar-refractivity contribution in [2.24, 2.45) is 5.90 Å². The van der Waals surface area contributed by atoms with Crippen LogP contribution in [-0.4, -0.2) is 23.9 Å². The van der Waals surface area contributed by atoms with E-state index in [0.717, 1.165) is 25.7 Å². The van der Waals surface area contributed by atoms with E-state index in [9.17, 15) is 0 Å². The minimum Gasteiger partial charge on any atom is -0.293 e. The molecule has 4 nitrogen and oxygen atoms in total. The highest BCUT2D eigenvalue weighted by molar-refractivity contribution is 4.71. The number of hydrogen-bond acceptors (Lipinski definition) is 4. The van der Waals surface area contributed by atoms with Crippen LogP contribution >= 0.6 is 0 Å². The molecule has 0 rings (SSSR count). The molecule has 0 aliphatic heterocycles. The minimum atomic E-state index is -0.497. The SMILES string of the molecule is CCC(CC)ON(C)C(CC)(CC)ON. The van der Waals surface area contributed by atoms with Crippen molar-refractivity contribution < 1.29 is 9.68 Å². The smallest absolute Gasteiger partial charge is 0.163 e. The van der Waals surface area contributed by atoms with Gasteiger partial charge in [-0.25, -0.2) is 5.90 Å². The zero-order valence-corrected chi connectivity index (χ0v) is 10.7. The Labute approximate surface area is 93.6 Å². The Kier molecular flexibility index (Phi) is 7.09. The highest BCUT2D eigenvalue weighted by Gasteiger charge is 2.33. The first-order chi connectivity index (χ1) is 7.10. The fourth-order valence-corrected chi connectivity index (χ4v) is 1.69.